The molecule has 2 aromatic heterocycles. The Labute approximate surface area is 123 Å². The number of hydrogen-bond acceptors (Lipinski definition) is 5. The van der Waals surface area contributed by atoms with Gasteiger partial charge in [-0.05, 0) is 45.2 Å². The number of nitrogens with zero attached hydrogens (tertiary/aromatic N) is 4. The van der Waals surface area contributed by atoms with Crippen molar-refractivity contribution in [2.24, 2.45) is 0 Å². The van der Waals surface area contributed by atoms with Gasteiger partial charge in [0.1, 0.15) is 0 Å². The molecule has 1 atom stereocenters. The zero-order valence-electron chi connectivity index (χ0n) is 12.4. The summed E-state index contributed by atoms with van der Waals surface area (Å²) >= 11 is 0. The first-order valence-electron chi connectivity index (χ1n) is 7.84. The fraction of sp³-hybridized carbons (Fsp3) is 0.667. The van der Waals surface area contributed by atoms with Gasteiger partial charge in [0, 0.05) is 24.1 Å². The third-order valence-electron chi connectivity index (χ3n) is 4.42. The molecule has 6 heteroatoms. The normalized spacial score (nSPS) is 23.6. The molecule has 1 saturated heterocycles. The topological polar surface area (TPSA) is 70.8 Å². The monoisotopic (exact) mass is 287 g/mol. The van der Waals surface area contributed by atoms with Crippen LogP contribution in [0.5, 0.6) is 0 Å². The summed E-state index contributed by atoms with van der Waals surface area (Å²) in [6.07, 6.45) is 4.81. The number of hydrogen-bond donors (Lipinski definition) is 1. The maximum absolute atomic E-state index is 5.34. The highest BCUT2D eigenvalue weighted by molar-refractivity contribution is 5.13. The number of aromatic amines is 1. The number of aromatic nitrogens is 4. The zero-order chi connectivity index (χ0) is 14.2. The van der Waals surface area contributed by atoms with Gasteiger partial charge in [-0.25, -0.2) is 0 Å². The number of piperidine rings is 1. The molecule has 0 bridgehead atoms. The van der Waals surface area contributed by atoms with Gasteiger partial charge in [-0.3, -0.25) is 10.00 Å². The minimum Gasteiger partial charge on any atom is -0.339 e. The largest absolute Gasteiger partial charge is 0.339 e. The van der Waals surface area contributed by atoms with Crippen molar-refractivity contribution in [1.82, 2.24) is 25.2 Å². The van der Waals surface area contributed by atoms with Gasteiger partial charge < -0.3 is 4.52 Å². The molecule has 1 aliphatic heterocycles. The number of H-pyrrole nitrogens is 1. The van der Waals surface area contributed by atoms with E-state index in [1.807, 2.05) is 0 Å². The highest BCUT2D eigenvalue weighted by Gasteiger charge is 2.30. The van der Waals surface area contributed by atoms with E-state index in [1.165, 1.54) is 31.4 Å². The van der Waals surface area contributed by atoms with Crippen LogP contribution < -0.4 is 0 Å². The molecule has 1 unspecified atom stereocenters. The molecule has 0 aromatic carbocycles. The molecular weight excluding hydrogens is 266 g/mol. The summed E-state index contributed by atoms with van der Waals surface area (Å²) in [5, 5.41) is 11.6. The Bertz CT molecular complexity index is 615. The second-order valence-electron chi connectivity index (χ2n) is 6.37. The Kier molecular flexibility index (Phi) is 3.25. The molecule has 1 aliphatic carbocycles. The average Bonchev–Trinajstić information content (AvgIpc) is 3.09. The Morgan fingerprint density at radius 2 is 2.24 bits per heavy atom. The molecule has 0 amide bonds. The summed E-state index contributed by atoms with van der Waals surface area (Å²) in [7, 11) is 0. The van der Waals surface area contributed by atoms with E-state index >= 15 is 0 Å². The van der Waals surface area contributed by atoms with Crippen molar-refractivity contribution in [3.8, 4) is 0 Å². The third kappa shape index (κ3) is 2.85. The molecule has 6 nitrogen and oxygen atoms in total. The minimum absolute atomic E-state index is 0.513. The van der Waals surface area contributed by atoms with E-state index in [4.69, 9.17) is 4.52 Å². The summed E-state index contributed by atoms with van der Waals surface area (Å²) in [4.78, 5) is 6.94. The first-order valence-corrected chi connectivity index (χ1v) is 7.84. The first-order chi connectivity index (χ1) is 10.3. The van der Waals surface area contributed by atoms with E-state index in [9.17, 15) is 0 Å². The van der Waals surface area contributed by atoms with Gasteiger partial charge in [0.05, 0.1) is 12.2 Å². The molecule has 1 saturated carbocycles. The lowest BCUT2D eigenvalue weighted by Gasteiger charge is -2.30. The smallest absolute Gasteiger partial charge is 0.229 e. The van der Waals surface area contributed by atoms with Crippen molar-refractivity contribution in [2.45, 2.75) is 51.0 Å². The summed E-state index contributed by atoms with van der Waals surface area (Å²) in [6, 6.07) is 2.16. The van der Waals surface area contributed by atoms with Gasteiger partial charge in [0.15, 0.2) is 5.82 Å². The number of rotatable bonds is 4. The van der Waals surface area contributed by atoms with Crippen LogP contribution in [0.3, 0.4) is 0 Å². The van der Waals surface area contributed by atoms with Crippen molar-refractivity contribution in [2.75, 3.05) is 13.1 Å². The number of likely N-dealkylation sites (tertiary alicyclic amines) is 1. The predicted octanol–water partition coefficient (Wildman–Crippen LogP) is 2.36. The van der Waals surface area contributed by atoms with Crippen LogP contribution in [0.25, 0.3) is 0 Å². The maximum atomic E-state index is 5.34. The van der Waals surface area contributed by atoms with Crippen molar-refractivity contribution < 1.29 is 4.52 Å². The zero-order valence-corrected chi connectivity index (χ0v) is 12.4. The second kappa shape index (κ2) is 5.26. The molecule has 3 heterocycles. The van der Waals surface area contributed by atoms with Gasteiger partial charge in [0.25, 0.3) is 0 Å². The Balaban J connectivity index is 1.40. The first kappa shape index (κ1) is 13.0. The molecule has 0 spiro atoms. The van der Waals surface area contributed by atoms with Crippen LogP contribution in [0.2, 0.25) is 0 Å². The summed E-state index contributed by atoms with van der Waals surface area (Å²) in [5.41, 5.74) is 2.32. The Morgan fingerprint density at radius 1 is 1.33 bits per heavy atom. The summed E-state index contributed by atoms with van der Waals surface area (Å²) < 4.78 is 5.34. The van der Waals surface area contributed by atoms with Crippen LogP contribution in [-0.4, -0.2) is 38.3 Å². The van der Waals surface area contributed by atoms with E-state index in [0.717, 1.165) is 37.0 Å². The van der Waals surface area contributed by atoms with Gasteiger partial charge in [-0.1, -0.05) is 5.16 Å². The second-order valence-corrected chi connectivity index (χ2v) is 6.37. The average molecular weight is 287 g/mol. The molecule has 112 valence electrons. The van der Waals surface area contributed by atoms with Crippen LogP contribution in [0.4, 0.5) is 0 Å². The molecule has 2 aliphatic rings. The SMILES string of the molecule is Cc1cc(C2CCCN(Cc3noc(C4CC4)n3)C2)n[nH]1. The fourth-order valence-corrected chi connectivity index (χ4v) is 3.12. The minimum atomic E-state index is 0.513. The molecule has 4 rings (SSSR count). The van der Waals surface area contributed by atoms with Crippen LogP contribution in [0, 0.1) is 6.92 Å². The van der Waals surface area contributed by atoms with E-state index in [1.54, 1.807) is 0 Å². The highest BCUT2D eigenvalue weighted by atomic mass is 16.5. The van der Waals surface area contributed by atoms with E-state index in [-0.39, 0.29) is 0 Å². The van der Waals surface area contributed by atoms with Crippen molar-refractivity contribution in [1.29, 1.82) is 0 Å². The Hall–Kier alpha value is -1.69. The van der Waals surface area contributed by atoms with Crippen LogP contribution in [0.1, 0.15) is 60.6 Å². The van der Waals surface area contributed by atoms with E-state index < -0.39 is 0 Å². The molecule has 2 fully saturated rings. The summed E-state index contributed by atoms with van der Waals surface area (Å²) in [6.45, 7) is 4.97. The molecule has 1 N–H and O–H groups in total. The standard InChI is InChI=1S/C15H21N5O/c1-10-7-13(18-17-10)12-3-2-6-20(8-12)9-14-16-15(21-19-14)11-4-5-11/h7,11-12H,2-6,8-9H2,1H3,(H,17,18). The van der Waals surface area contributed by atoms with Gasteiger partial charge in [0.2, 0.25) is 5.89 Å². The van der Waals surface area contributed by atoms with Crippen molar-refractivity contribution in [3.63, 3.8) is 0 Å². The van der Waals surface area contributed by atoms with Crippen LogP contribution in [-0.2, 0) is 6.54 Å². The highest BCUT2D eigenvalue weighted by Crippen LogP contribution is 2.39. The molecular formula is C15H21N5O. The predicted molar refractivity (Wildman–Crippen MR) is 76.8 cm³/mol. The van der Waals surface area contributed by atoms with E-state index in [2.05, 4.69) is 38.2 Å². The maximum Gasteiger partial charge on any atom is 0.229 e. The molecule has 21 heavy (non-hydrogen) atoms. The molecule has 0 radical (unpaired) electrons. The fourth-order valence-electron chi connectivity index (χ4n) is 3.12. The lowest BCUT2D eigenvalue weighted by molar-refractivity contribution is 0.192. The molecule has 2 aromatic rings. The quantitative estimate of drug-likeness (QED) is 0.934. The van der Waals surface area contributed by atoms with Gasteiger partial charge >= 0.3 is 0 Å². The van der Waals surface area contributed by atoms with Gasteiger partial charge in [-0.2, -0.15) is 10.1 Å². The number of nitrogens with one attached hydrogen (secondary N) is 1. The van der Waals surface area contributed by atoms with Crippen molar-refractivity contribution in [3.05, 3.63) is 29.2 Å². The summed E-state index contributed by atoms with van der Waals surface area (Å²) in [5.74, 6) is 2.71. The van der Waals surface area contributed by atoms with Crippen LogP contribution in [0.15, 0.2) is 10.6 Å². The van der Waals surface area contributed by atoms with E-state index in [0.29, 0.717) is 11.8 Å². The third-order valence-corrected chi connectivity index (χ3v) is 4.42. The Morgan fingerprint density at radius 3 is 3.00 bits per heavy atom. The number of aryl methyl sites for hydroxylation is 1. The lowest BCUT2D eigenvalue weighted by Crippen LogP contribution is -2.34. The van der Waals surface area contributed by atoms with Crippen LogP contribution >= 0.6 is 0 Å². The van der Waals surface area contributed by atoms with Gasteiger partial charge in [-0.15, -0.1) is 0 Å². The van der Waals surface area contributed by atoms with Crippen molar-refractivity contribution >= 4 is 0 Å². The lowest BCUT2D eigenvalue weighted by atomic mass is 9.94.